The predicted molar refractivity (Wildman–Crippen MR) is 135 cm³/mol. The summed E-state index contributed by atoms with van der Waals surface area (Å²) >= 11 is 0. The third-order valence-electron chi connectivity index (χ3n) is 3.68. The fraction of sp³-hybridized carbons (Fsp3) is 0.650. The number of rotatable bonds is 12. The molecule has 0 aromatic carbocycles. The molecule has 236 valence electrons. The standard InChI is InChI=1S/C5H9NO4.C5H11NO2.C4H7NO4.C4H9NO3.C2H5NO2/c6-3(5(9)10)1-2-4(7)8;1-3(2)4(6)5(7)8;5-2(4(8)9)1-3(6)7;1-2(6)3(5)4(7)8;3-1-2(4)5/h3H,1-2,6H2,(H,7,8)(H,9,10);3-4H,6H2,1-2H3,(H,7,8);2H,1,5H2,(H,6,7)(H,8,9);2-3,6H,5H2,1H3,(H,7,8);1,3H2,(H,4,5)/t3-;4-;2-;2-,3+;/m0001./s1. The average molecular weight is 592 g/mol. The average Bonchev–Trinajstić information content (AvgIpc) is 2.81. The predicted octanol–water partition coefficient (Wildman–Crippen LogP) is -4.00. The minimum Gasteiger partial charge on any atom is -0.481 e. The number of carboxylic acids is 7. The molecular formula is C20H41N5O15. The SMILES string of the molecule is CC(C)[C@H](N)C(=O)O.C[C@@H](O)[C@H](N)C(=O)O.NCC(=O)O.N[C@@H](CC(=O)O)C(=O)O.N[C@@H](CCC(=O)O)C(=O)O. The van der Waals surface area contributed by atoms with E-state index in [1.54, 1.807) is 13.8 Å². The molecule has 20 nitrogen and oxygen atoms in total. The van der Waals surface area contributed by atoms with E-state index in [-0.39, 0.29) is 25.3 Å². The fourth-order valence-electron chi connectivity index (χ4n) is 1.17. The molecular weight excluding hydrogens is 550 g/mol. The maximum absolute atomic E-state index is 10.0. The molecule has 5 atom stereocenters. The maximum atomic E-state index is 10.0. The third kappa shape index (κ3) is 38.6. The second-order valence-corrected chi connectivity index (χ2v) is 7.73. The van der Waals surface area contributed by atoms with Gasteiger partial charge in [0.2, 0.25) is 0 Å². The molecule has 0 aromatic rings. The molecule has 0 aromatic heterocycles. The summed E-state index contributed by atoms with van der Waals surface area (Å²) in [5.41, 5.74) is 24.5. The first kappa shape index (κ1) is 45.9. The molecule has 0 saturated carbocycles. The first-order chi connectivity index (χ1) is 18.0. The van der Waals surface area contributed by atoms with Gasteiger partial charge in [-0.15, -0.1) is 0 Å². The molecule has 18 N–H and O–H groups in total. The van der Waals surface area contributed by atoms with Gasteiger partial charge in [0.25, 0.3) is 0 Å². The Morgan fingerprint density at radius 2 is 0.925 bits per heavy atom. The summed E-state index contributed by atoms with van der Waals surface area (Å²) in [6, 6.07) is -4.22. The molecule has 0 rings (SSSR count). The van der Waals surface area contributed by atoms with Crippen molar-refractivity contribution >= 4 is 41.8 Å². The normalized spacial score (nSPS) is 13.2. The van der Waals surface area contributed by atoms with Crippen molar-refractivity contribution in [3.05, 3.63) is 0 Å². The summed E-state index contributed by atoms with van der Waals surface area (Å²) in [6.45, 7) is 4.61. The van der Waals surface area contributed by atoms with Crippen LogP contribution in [0.4, 0.5) is 0 Å². The van der Waals surface area contributed by atoms with Gasteiger partial charge in [-0.2, -0.15) is 0 Å². The summed E-state index contributed by atoms with van der Waals surface area (Å²) in [6.07, 6.45) is -1.74. The number of hydrogen-bond acceptors (Lipinski definition) is 13. The zero-order valence-electron chi connectivity index (χ0n) is 22.1. The minimum atomic E-state index is -1.29. The lowest BCUT2D eigenvalue weighted by Gasteiger charge is -2.07. The van der Waals surface area contributed by atoms with Gasteiger partial charge in [0.1, 0.15) is 24.2 Å². The third-order valence-corrected chi connectivity index (χ3v) is 3.68. The van der Waals surface area contributed by atoms with Crippen LogP contribution in [0.3, 0.4) is 0 Å². The maximum Gasteiger partial charge on any atom is 0.323 e. The molecule has 0 aliphatic carbocycles. The molecule has 0 saturated heterocycles. The quantitative estimate of drug-likeness (QED) is 0.103. The number of carboxylic acid groups (broad SMARTS) is 7. The zero-order valence-corrected chi connectivity index (χ0v) is 22.1. The van der Waals surface area contributed by atoms with Gasteiger partial charge in [0, 0.05) is 6.42 Å². The highest BCUT2D eigenvalue weighted by Crippen LogP contribution is 1.96. The van der Waals surface area contributed by atoms with E-state index in [0.717, 1.165) is 0 Å². The van der Waals surface area contributed by atoms with E-state index < -0.39 is 78.5 Å². The van der Waals surface area contributed by atoms with E-state index in [4.69, 9.17) is 63.8 Å². The Bertz CT molecular complexity index is 768. The Morgan fingerprint density at radius 1 is 0.575 bits per heavy atom. The van der Waals surface area contributed by atoms with Crippen molar-refractivity contribution in [2.24, 2.45) is 34.6 Å². The van der Waals surface area contributed by atoms with Crippen LogP contribution in [-0.2, 0) is 33.6 Å². The van der Waals surface area contributed by atoms with E-state index in [9.17, 15) is 33.6 Å². The van der Waals surface area contributed by atoms with Gasteiger partial charge in [-0.3, -0.25) is 33.6 Å². The Labute approximate surface area is 228 Å². The minimum absolute atomic E-state index is 0.0208. The molecule has 0 aliphatic rings. The van der Waals surface area contributed by atoms with Crippen LogP contribution in [0, 0.1) is 5.92 Å². The van der Waals surface area contributed by atoms with Crippen LogP contribution in [0.1, 0.15) is 40.0 Å². The van der Waals surface area contributed by atoms with Gasteiger partial charge in [0.15, 0.2) is 0 Å². The number of nitrogens with two attached hydrogens (primary N) is 5. The molecule has 0 radical (unpaired) electrons. The number of aliphatic carboxylic acids is 7. The molecule has 0 unspecified atom stereocenters. The van der Waals surface area contributed by atoms with Crippen molar-refractivity contribution in [2.75, 3.05) is 6.54 Å². The van der Waals surface area contributed by atoms with Crippen LogP contribution in [0.2, 0.25) is 0 Å². The van der Waals surface area contributed by atoms with E-state index in [0.29, 0.717) is 0 Å². The molecule has 0 aliphatic heterocycles. The highest BCUT2D eigenvalue weighted by atomic mass is 16.4. The van der Waals surface area contributed by atoms with Gasteiger partial charge in [-0.05, 0) is 19.3 Å². The topological polar surface area (TPSA) is 411 Å². The number of aliphatic hydroxyl groups is 1. The Hall–Kier alpha value is -3.95. The first-order valence-corrected chi connectivity index (χ1v) is 10.9. The second kappa shape index (κ2) is 26.6. The van der Waals surface area contributed by atoms with Crippen LogP contribution in [0.5, 0.6) is 0 Å². The van der Waals surface area contributed by atoms with Crippen LogP contribution in [0.25, 0.3) is 0 Å². The molecule has 0 bridgehead atoms. The summed E-state index contributed by atoms with van der Waals surface area (Å²) in [4.78, 5) is 68.6. The first-order valence-electron chi connectivity index (χ1n) is 10.9. The highest BCUT2D eigenvalue weighted by molar-refractivity contribution is 5.80. The lowest BCUT2D eigenvalue weighted by molar-refractivity contribution is -0.144. The number of hydrogen-bond donors (Lipinski definition) is 13. The van der Waals surface area contributed by atoms with Crippen molar-refractivity contribution in [1.82, 2.24) is 0 Å². The summed E-state index contributed by atoms with van der Waals surface area (Å²) < 4.78 is 0. The van der Waals surface area contributed by atoms with Crippen molar-refractivity contribution in [1.29, 1.82) is 0 Å². The monoisotopic (exact) mass is 591 g/mol. The Morgan fingerprint density at radius 3 is 1.02 bits per heavy atom. The molecule has 0 heterocycles. The zero-order chi connectivity index (χ0) is 33.3. The van der Waals surface area contributed by atoms with Crippen molar-refractivity contribution in [2.45, 2.75) is 70.3 Å². The highest BCUT2D eigenvalue weighted by Gasteiger charge is 2.16. The lowest BCUT2D eigenvalue weighted by atomic mass is 10.1. The molecule has 20 heteroatoms. The summed E-state index contributed by atoms with van der Waals surface area (Å²) in [5, 5.41) is 64.7. The van der Waals surface area contributed by atoms with Gasteiger partial charge in [0.05, 0.1) is 19.1 Å². The van der Waals surface area contributed by atoms with Crippen LogP contribution >= 0.6 is 0 Å². The molecule has 0 spiro atoms. The lowest BCUT2D eigenvalue weighted by Crippen LogP contribution is -2.39. The van der Waals surface area contributed by atoms with Gasteiger partial charge >= 0.3 is 41.8 Å². The Balaban J connectivity index is -0.000000129. The smallest absolute Gasteiger partial charge is 0.323 e. The molecule has 0 fully saturated rings. The number of carbonyl (C=O) groups is 7. The van der Waals surface area contributed by atoms with Gasteiger partial charge in [-0.1, -0.05) is 13.8 Å². The van der Waals surface area contributed by atoms with E-state index >= 15 is 0 Å². The number of aliphatic hydroxyl groups excluding tert-OH is 1. The van der Waals surface area contributed by atoms with Gasteiger partial charge in [-0.25, -0.2) is 0 Å². The van der Waals surface area contributed by atoms with E-state index in [1.165, 1.54) is 6.92 Å². The molecule has 40 heavy (non-hydrogen) atoms. The van der Waals surface area contributed by atoms with E-state index in [1.807, 2.05) is 0 Å². The molecule has 0 amide bonds. The van der Waals surface area contributed by atoms with Crippen molar-refractivity contribution < 1.29 is 74.4 Å². The van der Waals surface area contributed by atoms with Crippen LogP contribution in [0.15, 0.2) is 0 Å². The van der Waals surface area contributed by atoms with E-state index in [2.05, 4.69) is 5.73 Å². The summed E-state index contributed by atoms with van der Waals surface area (Å²) in [5.74, 6) is -7.75. The van der Waals surface area contributed by atoms with Crippen LogP contribution < -0.4 is 28.7 Å². The Kier molecular flexibility index (Phi) is 30.6. The van der Waals surface area contributed by atoms with Gasteiger partial charge < -0.3 is 69.5 Å². The van der Waals surface area contributed by atoms with Crippen molar-refractivity contribution in [3.63, 3.8) is 0 Å². The van der Waals surface area contributed by atoms with Crippen LogP contribution in [-0.4, -0.2) is 119 Å². The summed E-state index contributed by atoms with van der Waals surface area (Å²) in [7, 11) is 0. The largest absolute Gasteiger partial charge is 0.481 e. The fourth-order valence-corrected chi connectivity index (χ4v) is 1.17. The second-order valence-electron chi connectivity index (χ2n) is 7.73. The van der Waals surface area contributed by atoms with Crippen molar-refractivity contribution in [3.8, 4) is 0 Å².